The third-order valence-corrected chi connectivity index (χ3v) is 2.93. The van der Waals surface area contributed by atoms with Gasteiger partial charge >= 0.3 is 0 Å². The Morgan fingerprint density at radius 3 is 2.62 bits per heavy atom. The van der Waals surface area contributed by atoms with E-state index in [1.807, 2.05) is 25.1 Å². The van der Waals surface area contributed by atoms with Crippen molar-refractivity contribution >= 4 is 0 Å². The predicted molar refractivity (Wildman–Crippen MR) is 65.7 cm³/mol. The number of methoxy groups -OCH3 is 1. The molecule has 1 rings (SSSR count). The number of phenols is 1. The van der Waals surface area contributed by atoms with Crippen LogP contribution >= 0.6 is 0 Å². The van der Waals surface area contributed by atoms with Crippen LogP contribution < -0.4 is 5.32 Å². The third kappa shape index (κ3) is 3.83. The van der Waals surface area contributed by atoms with Crippen molar-refractivity contribution in [3.8, 4) is 5.75 Å². The van der Waals surface area contributed by atoms with Gasteiger partial charge in [-0.2, -0.15) is 0 Å². The quantitative estimate of drug-likeness (QED) is 0.774. The summed E-state index contributed by atoms with van der Waals surface area (Å²) in [6.45, 7) is 4.98. The molecule has 0 aliphatic heterocycles. The van der Waals surface area contributed by atoms with Crippen LogP contribution in [-0.2, 0) is 11.2 Å². The molecule has 0 aromatic heterocycles. The first-order valence-corrected chi connectivity index (χ1v) is 5.68. The minimum atomic E-state index is 0.198. The summed E-state index contributed by atoms with van der Waals surface area (Å²) < 4.78 is 5.23. The Labute approximate surface area is 97.4 Å². The van der Waals surface area contributed by atoms with E-state index in [4.69, 9.17) is 4.74 Å². The van der Waals surface area contributed by atoms with Crippen LogP contribution in [0.25, 0.3) is 0 Å². The van der Waals surface area contributed by atoms with Gasteiger partial charge in [-0.05, 0) is 38.4 Å². The van der Waals surface area contributed by atoms with E-state index in [2.05, 4.69) is 12.2 Å². The van der Waals surface area contributed by atoms with E-state index in [0.29, 0.717) is 11.8 Å². The summed E-state index contributed by atoms with van der Waals surface area (Å²) in [5, 5.41) is 13.0. The zero-order chi connectivity index (χ0) is 12.0. The molecular formula is C13H21NO2. The minimum absolute atomic E-state index is 0.198. The molecule has 0 bridgehead atoms. The normalized spacial score (nSPS) is 14.7. The summed E-state index contributed by atoms with van der Waals surface area (Å²) in [6.07, 6.45) is 1.03. The molecule has 0 heterocycles. The zero-order valence-corrected chi connectivity index (χ0v) is 10.2. The number of nitrogens with one attached hydrogen (secondary N) is 1. The van der Waals surface area contributed by atoms with Crippen LogP contribution in [0.3, 0.4) is 0 Å². The number of ether oxygens (including phenoxy) is 1. The largest absolute Gasteiger partial charge is 0.508 e. The summed E-state index contributed by atoms with van der Waals surface area (Å²) in [4.78, 5) is 0. The SMILES string of the molecule is COC(C)C(C)NCCc1ccccc1O. The third-order valence-electron chi connectivity index (χ3n) is 2.93. The van der Waals surface area contributed by atoms with Gasteiger partial charge in [0, 0.05) is 13.2 Å². The highest BCUT2D eigenvalue weighted by Gasteiger charge is 2.09. The van der Waals surface area contributed by atoms with Crippen LogP contribution in [0.15, 0.2) is 24.3 Å². The molecule has 0 amide bonds. The van der Waals surface area contributed by atoms with Gasteiger partial charge in [0.1, 0.15) is 5.75 Å². The van der Waals surface area contributed by atoms with E-state index in [1.165, 1.54) is 0 Å². The summed E-state index contributed by atoms with van der Waals surface area (Å²) in [6, 6.07) is 7.76. The fourth-order valence-corrected chi connectivity index (χ4v) is 1.53. The molecule has 3 heteroatoms. The fraction of sp³-hybridized carbons (Fsp3) is 0.538. The maximum Gasteiger partial charge on any atom is 0.118 e. The van der Waals surface area contributed by atoms with Crippen LogP contribution in [0, 0.1) is 0 Å². The lowest BCUT2D eigenvalue weighted by atomic mass is 10.1. The highest BCUT2D eigenvalue weighted by atomic mass is 16.5. The molecular weight excluding hydrogens is 202 g/mol. The van der Waals surface area contributed by atoms with Gasteiger partial charge in [-0.1, -0.05) is 18.2 Å². The van der Waals surface area contributed by atoms with Gasteiger partial charge in [0.05, 0.1) is 6.10 Å². The first-order valence-electron chi connectivity index (χ1n) is 5.68. The second-order valence-corrected chi connectivity index (χ2v) is 4.06. The number of phenolic OH excluding ortho intramolecular Hbond substituents is 1. The Hall–Kier alpha value is -1.06. The maximum absolute atomic E-state index is 9.58. The van der Waals surface area contributed by atoms with Crippen molar-refractivity contribution in [1.29, 1.82) is 0 Å². The van der Waals surface area contributed by atoms with Crippen LogP contribution in [0.5, 0.6) is 5.75 Å². The molecule has 0 fully saturated rings. The number of para-hydroxylation sites is 1. The van der Waals surface area contributed by atoms with Crippen molar-refractivity contribution < 1.29 is 9.84 Å². The van der Waals surface area contributed by atoms with Crippen molar-refractivity contribution in [2.75, 3.05) is 13.7 Å². The van der Waals surface area contributed by atoms with E-state index in [0.717, 1.165) is 18.5 Å². The summed E-state index contributed by atoms with van der Waals surface area (Å²) in [5.41, 5.74) is 0.979. The molecule has 0 saturated heterocycles. The summed E-state index contributed by atoms with van der Waals surface area (Å²) >= 11 is 0. The molecule has 2 N–H and O–H groups in total. The Kier molecular flexibility index (Phi) is 5.29. The predicted octanol–water partition coefficient (Wildman–Crippen LogP) is 1.95. The van der Waals surface area contributed by atoms with Crippen LogP contribution in [0.2, 0.25) is 0 Å². The average molecular weight is 223 g/mol. The molecule has 1 aromatic carbocycles. The minimum Gasteiger partial charge on any atom is -0.508 e. The van der Waals surface area contributed by atoms with Gasteiger partial charge in [-0.3, -0.25) is 0 Å². The summed E-state index contributed by atoms with van der Waals surface area (Å²) in [5.74, 6) is 0.372. The van der Waals surface area contributed by atoms with Crippen molar-refractivity contribution in [2.24, 2.45) is 0 Å². The summed E-state index contributed by atoms with van der Waals surface area (Å²) in [7, 11) is 1.71. The Morgan fingerprint density at radius 2 is 2.00 bits per heavy atom. The lowest BCUT2D eigenvalue weighted by molar-refractivity contribution is 0.0890. The molecule has 2 unspecified atom stereocenters. The lowest BCUT2D eigenvalue weighted by Crippen LogP contribution is -2.37. The highest BCUT2D eigenvalue weighted by molar-refractivity contribution is 5.31. The Bertz CT molecular complexity index is 315. The van der Waals surface area contributed by atoms with Gasteiger partial charge in [0.25, 0.3) is 0 Å². The second-order valence-electron chi connectivity index (χ2n) is 4.06. The first kappa shape index (κ1) is 13.0. The Morgan fingerprint density at radius 1 is 1.31 bits per heavy atom. The van der Waals surface area contributed by atoms with Crippen molar-refractivity contribution in [3.63, 3.8) is 0 Å². The van der Waals surface area contributed by atoms with Gasteiger partial charge in [-0.15, -0.1) is 0 Å². The number of aromatic hydroxyl groups is 1. The highest BCUT2D eigenvalue weighted by Crippen LogP contribution is 2.15. The van der Waals surface area contributed by atoms with Crippen LogP contribution in [0.4, 0.5) is 0 Å². The molecule has 90 valence electrons. The van der Waals surface area contributed by atoms with Crippen LogP contribution in [-0.4, -0.2) is 30.9 Å². The smallest absolute Gasteiger partial charge is 0.118 e. The zero-order valence-electron chi connectivity index (χ0n) is 10.2. The topological polar surface area (TPSA) is 41.5 Å². The lowest BCUT2D eigenvalue weighted by Gasteiger charge is -2.19. The van der Waals surface area contributed by atoms with E-state index < -0.39 is 0 Å². The van der Waals surface area contributed by atoms with Crippen LogP contribution in [0.1, 0.15) is 19.4 Å². The molecule has 0 aliphatic carbocycles. The average Bonchev–Trinajstić information content (AvgIpc) is 2.30. The number of hydrogen-bond donors (Lipinski definition) is 2. The van der Waals surface area contributed by atoms with E-state index in [9.17, 15) is 5.11 Å². The maximum atomic E-state index is 9.58. The van der Waals surface area contributed by atoms with Gasteiger partial charge in [-0.25, -0.2) is 0 Å². The standard InChI is InChI=1S/C13H21NO2/c1-10(11(2)16-3)14-9-8-12-6-4-5-7-13(12)15/h4-7,10-11,14-15H,8-9H2,1-3H3. The molecule has 3 nitrogen and oxygen atoms in total. The molecule has 2 atom stereocenters. The molecule has 0 radical (unpaired) electrons. The number of rotatable bonds is 6. The van der Waals surface area contributed by atoms with Crippen molar-refractivity contribution in [1.82, 2.24) is 5.32 Å². The first-order chi connectivity index (χ1) is 7.65. The van der Waals surface area contributed by atoms with Gasteiger partial charge in [0.15, 0.2) is 0 Å². The second kappa shape index (κ2) is 6.51. The monoisotopic (exact) mass is 223 g/mol. The van der Waals surface area contributed by atoms with Crippen molar-refractivity contribution in [2.45, 2.75) is 32.4 Å². The number of hydrogen-bond acceptors (Lipinski definition) is 3. The molecule has 0 aliphatic rings. The molecule has 1 aromatic rings. The Balaban J connectivity index is 2.33. The van der Waals surface area contributed by atoms with E-state index in [1.54, 1.807) is 13.2 Å². The fourth-order valence-electron chi connectivity index (χ4n) is 1.53. The molecule has 0 spiro atoms. The van der Waals surface area contributed by atoms with Crippen molar-refractivity contribution in [3.05, 3.63) is 29.8 Å². The van der Waals surface area contributed by atoms with E-state index >= 15 is 0 Å². The molecule has 16 heavy (non-hydrogen) atoms. The number of benzene rings is 1. The van der Waals surface area contributed by atoms with Gasteiger partial charge in [0.2, 0.25) is 0 Å². The van der Waals surface area contributed by atoms with E-state index in [-0.39, 0.29) is 6.10 Å². The molecule has 0 saturated carbocycles. The van der Waals surface area contributed by atoms with Gasteiger partial charge < -0.3 is 15.2 Å².